The van der Waals surface area contributed by atoms with Crippen LogP contribution in [0.1, 0.15) is 18.4 Å². The topological polar surface area (TPSA) is 125 Å². The number of piperidine rings is 1. The van der Waals surface area contributed by atoms with Gasteiger partial charge in [-0.05, 0) is 12.8 Å². The molecule has 5 rings (SSSR count). The Labute approximate surface area is 227 Å². The second kappa shape index (κ2) is 11.0. The molecule has 0 saturated carbocycles. The Morgan fingerprint density at radius 3 is 2.45 bits per heavy atom. The Morgan fingerprint density at radius 1 is 1.12 bits per heavy atom. The van der Waals surface area contributed by atoms with Crippen LogP contribution in [0.25, 0.3) is 11.0 Å². The van der Waals surface area contributed by atoms with E-state index in [0.717, 1.165) is 31.4 Å². The molecule has 0 aliphatic carbocycles. The number of nitrogens with one attached hydrogen (secondary N) is 3. The highest BCUT2D eigenvalue weighted by Gasteiger charge is 2.36. The highest BCUT2D eigenvalue weighted by Crippen LogP contribution is 2.39. The smallest absolute Gasteiger partial charge is 0.418 e. The molecule has 0 bridgehead atoms. The van der Waals surface area contributed by atoms with Crippen LogP contribution in [0.2, 0.25) is 0 Å². The highest BCUT2D eigenvalue weighted by atomic mass is 32.2. The second-order valence-electron chi connectivity index (χ2n) is 9.46. The molecule has 11 nitrogen and oxygen atoms in total. The zero-order valence-corrected chi connectivity index (χ0v) is 22.6. The fourth-order valence-electron chi connectivity index (χ4n) is 5.14. The predicted molar refractivity (Wildman–Crippen MR) is 139 cm³/mol. The van der Waals surface area contributed by atoms with Gasteiger partial charge in [-0.15, -0.1) is 0 Å². The van der Waals surface area contributed by atoms with Gasteiger partial charge in [0, 0.05) is 57.6 Å². The maximum atomic E-state index is 15.3. The number of nitrogens with zero attached hydrogens (tertiary/aromatic N) is 4. The number of aromatic amines is 1. The van der Waals surface area contributed by atoms with E-state index in [1.165, 1.54) is 18.5 Å². The number of morpholine rings is 1. The maximum absolute atomic E-state index is 15.3. The molecule has 3 aromatic rings. The Kier molecular flexibility index (Phi) is 7.78. The van der Waals surface area contributed by atoms with E-state index in [0.29, 0.717) is 26.1 Å². The Bertz CT molecular complexity index is 1480. The summed E-state index contributed by atoms with van der Waals surface area (Å²) >= 11 is 0. The van der Waals surface area contributed by atoms with Gasteiger partial charge in [0.1, 0.15) is 27.9 Å². The van der Waals surface area contributed by atoms with Crippen molar-refractivity contribution in [1.29, 1.82) is 0 Å². The number of alkyl halides is 3. The molecule has 40 heavy (non-hydrogen) atoms. The van der Waals surface area contributed by atoms with Crippen molar-refractivity contribution in [2.75, 3.05) is 64.2 Å². The van der Waals surface area contributed by atoms with E-state index in [4.69, 9.17) is 9.47 Å². The van der Waals surface area contributed by atoms with Crippen LogP contribution in [-0.4, -0.2) is 92.2 Å². The summed E-state index contributed by atoms with van der Waals surface area (Å²) in [5.41, 5.74) is -1.05. The summed E-state index contributed by atoms with van der Waals surface area (Å²) in [6, 6.07) is 2.26. The fourth-order valence-corrected chi connectivity index (χ4v) is 6.67. The number of ether oxygens (including phenoxy) is 2. The van der Waals surface area contributed by atoms with Gasteiger partial charge in [0.05, 0.1) is 37.0 Å². The Morgan fingerprint density at radius 2 is 1.82 bits per heavy atom. The van der Waals surface area contributed by atoms with Crippen molar-refractivity contribution in [1.82, 2.24) is 24.2 Å². The van der Waals surface area contributed by atoms with Gasteiger partial charge in [-0.25, -0.2) is 12.8 Å². The molecule has 4 heterocycles. The molecule has 2 aliphatic heterocycles. The van der Waals surface area contributed by atoms with E-state index in [9.17, 15) is 21.6 Å². The maximum Gasteiger partial charge on any atom is 0.418 e. The van der Waals surface area contributed by atoms with Crippen LogP contribution in [0.4, 0.5) is 35.0 Å². The van der Waals surface area contributed by atoms with Crippen molar-refractivity contribution < 1.29 is 35.5 Å². The van der Waals surface area contributed by atoms with E-state index < -0.39 is 32.5 Å². The Balaban J connectivity index is 1.39. The summed E-state index contributed by atoms with van der Waals surface area (Å²) < 4.78 is 94.3. The summed E-state index contributed by atoms with van der Waals surface area (Å²) in [6.45, 7) is 3.41. The molecule has 16 heteroatoms. The van der Waals surface area contributed by atoms with Gasteiger partial charge >= 0.3 is 6.18 Å². The number of anilines is 3. The number of sulfonamides is 1. The first-order valence-electron chi connectivity index (χ1n) is 12.6. The number of benzene rings is 1. The summed E-state index contributed by atoms with van der Waals surface area (Å²) in [6.07, 6.45) is -2.60. The average Bonchev–Trinajstić information content (AvgIpc) is 3.38. The quantitative estimate of drug-likeness (QED) is 0.357. The third-order valence-corrected chi connectivity index (χ3v) is 9.09. The summed E-state index contributed by atoms with van der Waals surface area (Å²) in [5.74, 6) is -1.31. The highest BCUT2D eigenvalue weighted by molar-refractivity contribution is 7.89. The van der Waals surface area contributed by atoms with Crippen LogP contribution in [-0.2, 0) is 20.9 Å². The van der Waals surface area contributed by atoms with Gasteiger partial charge in [0.25, 0.3) is 0 Å². The van der Waals surface area contributed by atoms with Gasteiger partial charge in [0.2, 0.25) is 16.0 Å². The van der Waals surface area contributed by atoms with Gasteiger partial charge in [0.15, 0.2) is 0 Å². The third kappa shape index (κ3) is 5.40. The lowest BCUT2D eigenvalue weighted by molar-refractivity contribution is -0.136. The van der Waals surface area contributed by atoms with E-state index >= 15 is 4.39 Å². The standard InChI is InChI=1S/C24H29F4N7O4S/c1-29-21-20-15(24(26,27)28)13-30-22(20)33-23(32-21)31-17-11-16(25)19(12-18(17)38-2)40(36,37)35-5-3-14(4-6-35)34-7-9-39-10-8-34/h11-14H,3-10H2,1-2H3,(H3,29,30,31,32,33). The fraction of sp³-hybridized carbons (Fsp3) is 0.500. The number of rotatable bonds is 7. The minimum Gasteiger partial charge on any atom is -0.495 e. The van der Waals surface area contributed by atoms with Crippen molar-refractivity contribution in [3.05, 3.63) is 29.7 Å². The number of hydrogen-bond acceptors (Lipinski definition) is 9. The number of aromatic nitrogens is 3. The van der Waals surface area contributed by atoms with E-state index in [-0.39, 0.29) is 53.4 Å². The molecule has 0 amide bonds. The minimum atomic E-state index is -4.63. The molecule has 2 aromatic heterocycles. The molecule has 0 atom stereocenters. The SMILES string of the molecule is CNc1nc(Nc2cc(F)c(S(=O)(=O)N3CCC(N4CCOCC4)CC3)cc2OC)nc2[nH]cc(C(F)(F)F)c12. The van der Waals surface area contributed by atoms with Crippen LogP contribution in [0.5, 0.6) is 5.75 Å². The van der Waals surface area contributed by atoms with Crippen LogP contribution in [0.15, 0.2) is 23.2 Å². The lowest BCUT2D eigenvalue weighted by Crippen LogP contribution is -2.50. The van der Waals surface area contributed by atoms with Crippen molar-refractivity contribution in [3.63, 3.8) is 0 Å². The molecular formula is C24H29F4N7O4S. The van der Waals surface area contributed by atoms with E-state index in [2.05, 4.69) is 30.5 Å². The monoisotopic (exact) mass is 587 g/mol. The van der Waals surface area contributed by atoms with Gasteiger partial charge in [-0.2, -0.15) is 27.4 Å². The van der Waals surface area contributed by atoms with Crippen molar-refractivity contribution in [2.45, 2.75) is 30.0 Å². The average molecular weight is 588 g/mol. The van der Waals surface area contributed by atoms with Crippen LogP contribution >= 0.6 is 0 Å². The molecule has 218 valence electrons. The molecule has 2 aliphatic rings. The molecule has 3 N–H and O–H groups in total. The van der Waals surface area contributed by atoms with Crippen LogP contribution < -0.4 is 15.4 Å². The normalized spacial score (nSPS) is 18.2. The number of hydrogen-bond donors (Lipinski definition) is 3. The number of halogens is 4. The van der Waals surface area contributed by atoms with Gasteiger partial charge in [-0.3, -0.25) is 4.90 Å². The molecule has 0 unspecified atom stereocenters. The predicted octanol–water partition coefficient (Wildman–Crippen LogP) is 3.40. The number of fused-ring (bicyclic) bond motifs is 1. The first-order valence-corrected chi connectivity index (χ1v) is 14.1. The minimum absolute atomic E-state index is 0.00557. The zero-order chi connectivity index (χ0) is 28.7. The Hall–Kier alpha value is -3.21. The number of methoxy groups -OCH3 is 1. The molecule has 1 aromatic carbocycles. The molecule has 2 fully saturated rings. The molecule has 0 radical (unpaired) electrons. The first kappa shape index (κ1) is 28.3. The molecule has 0 spiro atoms. The lowest BCUT2D eigenvalue weighted by Gasteiger charge is -2.39. The van der Waals surface area contributed by atoms with Crippen LogP contribution in [0.3, 0.4) is 0 Å². The van der Waals surface area contributed by atoms with Crippen LogP contribution in [0, 0.1) is 5.82 Å². The number of H-pyrrole nitrogens is 1. The van der Waals surface area contributed by atoms with Crippen molar-refractivity contribution in [3.8, 4) is 5.75 Å². The van der Waals surface area contributed by atoms with E-state index in [1.54, 1.807) is 0 Å². The summed E-state index contributed by atoms with van der Waals surface area (Å²) in [7, 11) is -1.48. The van der Waals surface area contributed by atoms with Gasteiger partial charge in [-0.1, -0.05) is 0 Å². The summed E-state index contributed by atoms with van der Waals surface area (Å²) in [5, 5.41) is 5.09. The summed E-state index contributed by atoms with van der Waals surface area (Å²) in [4.78, 5) is 12.4. The van der Waals surface area contributed by atoms with E-state index in [1.807, 2.05) is 0 Å². The van der Waals surface area contributed by atoms with Crippen molar-refractivity contribution >= 4 is 38.5 Å². The third-order valence-electron chi connectivity index (χ3n) is 7.18. The van der Waals surface area contributed by atoms with Gasteiger partial charge < -0.3 is 25.1 Å². The molecule has 2 saturated heterocycles. The largest absolute Gasteiger partial charge is 0.495 e. The zero-order valence-electron chi connectivity index (χ0n) is 21.8. The van der Waals surface area contributed by atoms with Crippen molar-refractivity contribution in [2.24, 2.45) is 0 Å². The lowest BCUT2D eigenvalue weighted by atomic mass is 10.0. The molecular weight excluding hydrogens is 558 g/mol. The second-order valence-corrected chi connectivity index (χ2v) is 11.4. The first-order chi connectivity index (χ1) is 19.0.